The van der Waals surface area contributed by atoms with Gasteiger partial charge in [-0.2, -0.15) is 10.5 Å². The number of anilines is 3. The minimum absolute atomic E-state index is 0.206. The van der Waals surface area contributed by atoms with Crippen LogP contribution in [0.5, 0.6) is 0 Å². The van der Waals surface area contributed by atoms with E-state index in [1.807, 2.05) is 30.1 Å². The minimum atomic E-state index is 0.206. The molecule has 0 radical (unpaired) electrons. The molecule has 0 spiro atoms. The second-order valence-electron chi connectivity index (χ2n) is 3.94. The number of rotatable bonds is 2. The van der Waals surface area contributed by atoms with Crippen LogP contribution in [0.15, 0.2) is 36.4 Å². The zero-order valence-electron chi connectivity index (χ0n) is 10.3. The van der Waals surface area contributed by atoms with Crippen molar-refractivity contribution in [3.05, 3.63) is 47.7 Å². The van der Waals surface area contributed by atoms with Crippen molar-refractivity contribution in [3.63, 3.8) is 0 Å². The molecule has 0 unspecified atom stereocenters. The van der Waals surface area contributed by atoms with Gasteiger partial charge >= 0.3 is 0 Å². The van der Waals surface area contributed by atoms with E-state index in [2.05, 4.69) is 11.1 Å². The van der Waals surface area contributed by atoms with Crippen molar-refractivity contribution in [1.82, 2.24) is 4.98 Å². The quantitative estimate of drug-likeness (QED) is 0.880. The van der Waals surface area contributed by atoms with E-state index < -0.39 is 0 Å². The summed E-state index contributed by atoms with van der Waals surface area (Å²) in [7, 11) is 1.83. The van der Waals surface area contributed by atoms with Gasteiger partial charge in [0.15, 0.2) is 5.69 Å². The molecule has 2 N–H and O–H groups in total. The normalized spacial score (nSPS) is 9.42. The van der Waals surface area contributed by atoms with Crippen LogP contribution in [0, 0.1) is 22.7 Å². The lowest BCUT2D eigenvalue weighted by Crippen LogP contribution is -2.12. The zero-order valence-corrected chi connectivity index (χ0v) is 10.3. The third-order valence-electron chi connectivity index (χ3n) is 2.75. The highest BCUT2D eigenvalue weighted by Crippen LogP contribution is 2.23. The minimum Gasteiger partial charge on any atom is -0.396 e. The molecule has 2 rings (SSSR count). The lowest BCUT2D eigenvalue weighted by molar-refractivity contribution is 1.11. The van der Waals surface area contributed by atoms with Crippen LogP contribution in [0.1, 0.15) is 11.3 Å². The van der Waals surface area contributed by atoms with Crippen LogP contribution in [-0.2, 0) is 0 Å². The molecule has 0 aliphatic rings. The van der Waals surface area contributed by atoms with Crippen LogP contribution in [0.3, 0.4) is 0 Å². The monoisotopic (exact) mass is 249 g/mol. The van der Waals surface area contributed by atoms with E-state index in [4.69, 9.17) is 16.3 Å². The summed E-state index contributed by atoms with van der Waals surface area (Å²) in [6.45, 7) is 0. The second kappa shape index (κ2) is 5.07. The summed E-state index contributed by atoms with van der Waals surface area (Å²) in [5.74, 6) is 0.621. The van der Waals surface area contributed by atoms with Gasteiger partial charge in [0.25, 0.3) is 0 Å². The summed E-state index contributed by atoms with van der Waals surface area (Å²) in [6.07, 6.45) is 0. The number of benzene rings is 1. The molecular formula is C14H11N5. The Morgan fingerprint density at radius 2 is 1.74 bits per heavy atom. The van der Waals surface area contributed by atoms with Gasteiger partial charge in [0.05, 0.1) is 17.3 Å². The second-order valence-corrected chi connectivity index (χ2v) is 3.94. The van der Waals surface area contributed by atoms with Gasteiger partial charge < -0.3 is 10.6 Å². The van der Waals surface area contributed by atoms with E-state index >= 15 is 0 Å². The molecule has 92 valence electrons. The number of aromatic nitrogens is 1. The maximum absolute atomic E-state index is 8.92. The van der Waals surface area contributed by atoms with E-state index in [-0.39, 0.29) is 5.69 Å². The first kappa shape index (κ1) is 12.4. The van der Waals surface area contributed by atoms with E-state index in [0.717, 1.165) is 5.69 Å². The first-order valence-corrected chi connectivity index (χ1v) is 5.56. The molecule has 1 aromatic carbocycles. The third kappa shape index (κ3) is 2.46. The largest absolute Gasteiger partial charge is 0.396 e. The van der Waals surface area contributed by atoms with Crippen LogP contribution in [0.25, 0.3) is 0 Å². The van der Waals surface area contributed by atoms with Gasteiger partial charge in [0.2, 0.25) is 0 Å². The maximum atomic E-state index is 8.92. The summed E-state index contributed by atoms with van der Waals surface area (Å²) in [5.41, 5.74) is 7.68. The van der Waals surface area contributed by atoms with Crippen molar-refractivity contribution < 1.29 is 0 Å². The SMILES string of the molecule is CN(c1ccc(C#N)cc1)c1ccc(N)c(C#N)n1. The summed E-state index contributed by atoms with van der Waals surface area (Å²) in [5, 5.41) is 17.7. The molecule has 0 amide bonds. The van der Waals surface area contributed by atoms with Crippen molar-refractivity contribution in [2.24, 2.45) is 0 Å². The average molecular weight is 249 g/mol. The van der Waals surface area contributed by atoms with Gasteiger partial charge in [-0.3, -0.25) is 0 Å². The Hall–Kier alpha value is -3.05. The number of nitrogens with zero attached hydrogens (tertiary/aromatic N) is 4. The summed E-state index contributed by atoms with van der Waals surface area (Å²) in [4.78, 5) is 6.01. The van der Waals surface area contributed by atoms with Crippen molar-refractivity contribution >= 4 is 17.2 Å². The molecule has 0 bridgehead atoms. The van der Waals surface area contributed by atoms with E-state index in [9.17, 15) is 0 Å². The molecular weight excluding hydrogens is 238 g/mol. The maximum Gasteiger partial charge on any atom is 0.165 e. The van der Waals surface area contributed by atoms with Gasteiger partial charge in [0, 0.05) is 12.7 Å². The lowest BCUT2D eigenvalue weighted by atomic mass is 10.2. The highest BCUT2D eigenvalue weighted by molar-refractivity contribution is 5.63. The Kier molecular flexibility index (Phi) is 3.31. The van der Waals surface area contributed by atoms with Crippen LogP contribution in [-0.4, -0.2) is 12.0 Å². The number of hydrogen-bond acceptors (Lipinski definition) is 5. The van der Waals surface area contributed by atoms with Crippen molar-refractivity contribution in [2.75, 3.05) is 17.7 Å². The molecule has 2 aromatic rings. The smallest absolute Gasteiger partial charge is 0.165 e. The molecule has 1 aromatic heterocycles. The van der Waals surface area contributed by atoms with Crippen LogP contribution < -0.4 is 10.6 Å². The van der Waals surface area contributed by atoms with Crippen LogP contribution in [0.2, 0.25) is 0 Å². The summed E-state index contributed by atoms with van der Waals surface area (Å²) >= 11 is 0. The Morgan fingerprint density at radius 3 is 2.32 bits per heavy atom. The third-order valence-corrected chi connectivity index (χ3v) is 2.75. The Balaban J connectivity index is 2.36. The van der Waals surface area contributed by atoms with Gasteiger partial charge in [0.1, 0.15) is 11.9 Å². The molecule has 0 aliphatic heterocycles. The standard InChI is InChI=1S/C14H11N5/c1-19(11-4-2-10(8-15)3-5-11)14-7-6-12(17)13(9-16)18-14/h2-7H,17H2,1H3. The fourth-order valence-electron chi connectivity index (χ4n) is 1.63. The fourth-order valence-corrected chi connectivity index (χ4v) is 1.63. The summed E-state index contributed by atoms with van der Waals surface area (Å²) < 4.78 is 0. The highest BCUT2D eigenvalue weighted by atomic mass is 15.2. The van der Waals surface area contributed by atoms with Gasteiger partial charge in [-0.25, -0.2) is 4.98 Å². The zero-order chi connectivity index (χ0) is 13.8. The van der Waals surface area contributed by atoms with Crippen molar-refractivity contribution in [2.45, 2.75) is 0 Å². The van der Waals surface area contributed by atoms with E-state index in [0.29, 0.717) is 17.1 Å². The lowest BCUT2D eigenvalue weighted by Gasteiger charge is -2.18. The topological polar surface area (TPSA) is 89.7 Å². The number of pyridine rings is 1. The number of nitrogens with two attached hydrogens (primary N) is 1. The van der Waals surface area contributed by atoms with E-state index in [1.165, 1.54) is 0 Å². The van der Waals surface area contributed by atoms with Gasteiger partial charge in [-0.05, 0) is 36.4 Å². The van der Waals surface area contributed by atoms with E-state index in [1.54, 1.807) is 24.3 Å². The molecule has 0 atom stereocenters. The average Bonchev–Trinajstić information content (AvgIpc) is 2.47. The van der Waals surface area contributed by atoms with Gasteiger partial charge in [-0.1, -0.05) is 0 Å². The van der Waals surface area contributed by atoms with Crippen molar-refractivity contribution in [3.8, 4) is 12.1 Å². The molecule has 0 saturated carbocycles. The summed E-state index contributed by atoms with van der Waals surface area (Å²) in [6, 6.07) is 14.5. The first-order chi connectivity index (χ1) is 9.15. The molecule has 0 saturated heterocycles. The molecule has 19 heavy (non-hydrogen) atoms. The number of hydrogen-bond donors (Lipinski definition) is 1. The van der Waals surface area contributed by atoms with Gasteiger partial charge in [-0.15, -0.1) is 0 Å². The predicted octanol–water partition coefficient (Wildman–Crippen LogP) is 2.18. The Labute approximate surface area is 111 Å². The molecule has 0 fully saturated rings. The predicted molar refractivity (Wildman–Crippen MR) is 72.6 cm³/mol. The fraction of sp³-hybridized carbons (Fsp3) is 0.0714. The number of nitrogen functional groups attached to an aromatic ring is 1. The highest BCUT2D eigenvalue weighted by Gasteiger charge is 2.08. The van der Waals surface area contributed by atoms with Crippen LogP contribution in [0.4, 0.5) is 17.2 Å². The van der Waals surface area contributed by atoms with Crippen LogP contribution >= 0.6 is 0 Å². The Morgan fingerprint density at radius 1 is 1.05 bits per heavy atom. The Bertz CT molecular complexity index is 676. The number of nitriles is 2. The molecule has 5 nitrogen and oxygen atoms in total. The van der Waals surface area contributed by atoms with Crippen molar-refractivity contribution in [1.29, 1.82) is 10.5 Å². The molecule has 5 heteroatoms. The first-order valence-electron chi connectivity index (χ1n) is 5.56. The molecule has 1 heterocycles. The molecule has 0 aliphatic carbocycles.